The highest BCUT2D eigenvalue weighted by molar-refractivity contribution is 5.93. The van der Waals surface area contributed by atoms with Crippen molar-refractivity contribution in [1.29, 1.82) is 0 Å². The van der Waals surface area contributed by atoms with Crippen LogP contribution in [0.1, 0.15) is 28.0 Å². The number of aliphatic hydroxyl groups is 1. The molecule has 0 fully saturated rings. The van der Waals surface area contributed by atoms with E-state index in [0.29, 0.717) is 18.9 Å². The normalized spacial score (nSPS) is 13.1. The van der Waals surface area contributed by atoms with E-state index in [2.05, 4.69) is 11.6 Å². The molecule has 1 heterocycles. The Morgan fingerprint density at radius 3 is 2.95 bits per heavy atom. The van der Waals surface area contributed by atoms with Gasteiger partial charge in [0, 0.05) is 18.8 Å². The van der Waals surface area contributed by atoms with Crippen molar-refractivity contribution in [2.45, 2.75) is 19.3 Å². The number of carbonyl (C=O) groups is 1. The molecular formula is C14H18N2O3. The Morgan fingerprint density at radius 2 is 2.32 bits per heavy atom. The van der Waals surface area contributed by atoms with Crippen LogP contribution in [0.15, 0.2) is 18.7 Å². The predicted molar refractivity (Wildman–Crippen MR) is 72.7 cm³/mol. The van der Waals surface area contributed by atoms with E-state index in [1.807, 2.05) is 0 Å². The molecular weight excluding hydrogens is 244 g/mol. The van der Waals surface area contributed by atoms with Crippen LogP contribution in [-0.4, -0.2) is 40.9 Å². The second kappa shape index (κ2) is 5.84. The SMILES string of the molecule is C=CCN(CCO)c1nc2c(cc1C(=O)O)CCC2. The smallest absolute Gasteiger partial charge is 0.339 e. The number of rotatable bonds is 6. The minimum Gasteiger partial charge on any atom is -0.478 e. The van der Waals surface area contributed by atoms with Crippen molar-refractivity contribution in [2.24, 2.45) is 0 Å². The van der Waals surface area contributed by atoms with Crippen LogP contribution in [0.5, 0.6) is 0 Å². The zero-order chi connectivity index (χ0) is 13.8. The number of aliphatic hydroxyl groups excluding tert-OH is 1. The number of pyridine rings is 1. The van der Waals surface area contributed by atoms with Crippen molar-refractivity contribution in [3.8, 4) is 0 Å². The van der Waals surface area contributed by atoms with Gasteiger partial charge in [0.2, 0.25) is 0 Å². The maximum Gasteiger partial charge on any atom is 0.339 e. The largest absolute Gasteiger partial charge is 0.478 e. The number of carboxylic acid groups (broad SMARTS) is 1. The van der Waals surface area contributed by atoms with Crippen molar-refractivity contribution in [3.63, 3.8) is 0 Å². The van der Waals surface area contributed by atoms with Crippen molar-refractivity contribution in [2.75, 3.05) is 24.6 Å². The van der Waals surface area contributed by atoms with Gasteiger partial charge < -0.3 is 15.1 Å². The number of aromatic carboxylic acids is 1. The molecule has 0 aromatic carbocycles. The van der Waals surface area contributed by atoms with E-state index in [1.165, 1.54) is 0 Å². The molecule has 0 aliphatic heterocycles. The Hall–Kier alpha value is -1.88. The summed E-state index contributed by atoms with van der Waals surface area (Å²) in [5.41, 5.74) is 2.21. The van der Waals surface area contributed by atoms with Gasteiger partial charge in [-0.3, -0.25) is 0 Å². The molecule has 0 spiro atoms. The van der Waals surface area contributed by atoms with Gasteiger partial charge in [-0.05, 0) is 30.9 Å². The zero-order valence-electron chi connectivity index (χ0n) is 10.8. The van der Waals surface area contributed by atoms with Gasteiger partial charge in [-0.2, -0.15) is 0 Å². The third-order valence-corrected chi connectivity index (χ3v) is 3.28. The molecule has 0 unspecified atom stereocenters. The monoisotopic (exact) mass is 262 g/mol. The maximum atomic E-state index is 11.4. The first-order valence-electron chi connectivity index (χ1n) is 6.40. The number of nitrogens with zero attached hydrogens (tertiary/aromatic N) is 2. The van der Waals surface area contributed by atoms with Crippen LogP contribution in [0, 0.1) is 0 Å². The first-order valence-corrected chi connectivity index (χ1v) is 6.40. The summed E-state index contributed by atoms with van der Waals surface area (Å²) < 4.78 is 0. The molecule has 2 rings (SSSR count). The number of aromatic nitrogens is 1. The molecule has 0 amide bonds. The highest BCUT2D eigenvalue weighted by atomic mass is 16.4. The molecule has 5 heteroatoms. The van der Waals surface area contributed by atoms with E-state index in [9.17, 15) is 9.90 Å². The van der Waals surface area contributed by atoms with Gasteiger partial charge in [-0.15, -0.1) is 6.58 Å². The molecule has 0 bridgehead atoms. The van der Waals surface area contributed by atoms with Crippen molar-refractivity contribution in [3.05, 3.63) is 35.5 Å². The van der Waals surface area contributed by atoms with Crippen LogP contribution >= 0.6 is 0 Å². The molecule has 1 aliphatic rings. The summed E-state index contributed by atoms with van der Waals surface area (Å²) in [7, 11) is 0. The first-order chi connectivity index (χ1) is 9.17. The summed E-state index contributed by atoms with van der Waals surface area (Å²) in [6.45, 7) is 4.42. The van der Waals surface area contributed by atoms with Crippen molar-refractivity contribution < 1.29 is 15.0 Å². The van der Waals surface area contributed by atoms with Crippen LogP contribution < -0.4 is 4.90 Å². The zero-order valence-corrected chi connectivity index (χ0v) is 10.8. The van der Waals surface area contributed by atoms with E-state index in [4.69, 9.17) is 5.11 Å². The molecule has 1 aliphatic carbocycles. The molecule has 0 radical (unpaired) electrons. The second-order valence-corrected chi connectivity index (χ2v) is 4.58. The number of hydrogen-bond acceptors (Lipinski definition) is 4. The fourth-order valence-electron chi connectivity index (χ4n) is 2.42. The summed E-state index contributed by atoms with van der Waals surface area (Å²) in [5.74, 6) is -0.550. The minimum absolute atomic E-state index is 0.0499. The van der Waals surface area contributed by atoms with Gasteiger partial charge in [-0.25, -0.2) is 9.78 Å². The van der Waals surface area contributed by atoms with E-state index in [0.717, 1.165) is 30.5 Å². The number of hydrogen-bond donors (Lipinski definition) is 2. The predicted octanol–water partition coefficient (Wildman–Crippen LogP) is 1.25. The number of carboxylic acids is 1. The summed E-state index contributed by atoms with van der Waals surface area (Å²) in [6, 6.07) is 1.72. The van der Waals surface area contributed by atoms with Gasteiger partial charge in [0.15, 0.2) is 0 Å². The van der Waals surface area contributed by atoms with Crippen molar-refractivity contribution >= 4 is 11.8 Å². The van der Waals surface area contributed by atoms with Crippen LogP contribution in [-0.2, 0) is 12.8 Å². The standard InChI is InChI=1S/C14H18N2O3/c1-2-6-16(7-8-17)13-11(14(18)19)9-10-4-3-5-12(10)15-13/h2,9,17H,1,3-8H2,(H,18,19). The summed E-state index contributed by atoms with van der Waals surface area (Å²) >= 11 is 0. The third kappa shape index (κ3) is 2.76. The second-order valence-electron chi connectivity index (χ2n) is 4.58. The van der Waals surface area contributed by atoms with E-state index >= 15 is 0 Å². The van der Waals surface area contributed by atoms with Crippen molar-refractivity contribution in [1.82, 2.24) is 4.98 Å². The van der Waals surface area contributed by atoms with Crippen LogP contribution in [0.4, 0.5) is 5.82 Å². The lowest BCUT2D eigenvalue weighted by Crippen LogP contribution is -2.29. The Labute approximate surface area is 112 Å². The number of fused-ring (bicyclic) bond motifs is 1. The van der Waals surface area contributed by atoms with Gasteiger partial charge in [0.05, 0.1) is 6.61 Å². The molecule has 0 atom stereocenters. The first kappa shape index (κ1) is 13.5. The van der Waals surface area contributed by atoms with Gasteiger partial charge in [0.25, 0.3) is 0 Å². The topological polar surface area (TPSA) is 73.7 Å². The summed E-state index contributed by atoms with van der Waals surface area (Å²) in [5, 5.41) is 18.4. The molecule has 1 aromatic rings. The molecule has 2 N–H and O–H groups in total. The van der Waals surface area contributed by atoms with Gasteiger partial charge in [0.1, 0.15) is 11.4 Å². The Bertz CT molecular complexity index is 500. The van der Waals surface area contributed by atoms with Crippen LogP contribution in [0.25, 0.3) is 0 Å². The highest BCUT2D eigenvalue weighted by Crippen LogP contribution is 2.27. The molecule has 0 saturated heterocycles. The number of aryl methyl sites for hydroxylation is 2. The molecule has 1 aromatic heterocycles. The lowest BCUT2D eigenvalue weighted by molar-refractivity contribution is 0.0697. The molecule has 5 nitrogen and oxygen atoms in total. The fourth-order valence-corrected chi connectivity index (χ4v) is 2.42. The molecule has 0 saturated carbocycles. The molecule has 102 valence electrons. The third-order valence-electron chi connectivity index (χ3n) is 3.28. The Balaban J connectivity index is 2.46. The highest BCUT2D eigenvalue weighted by Gasteiger charge is 2.22. The minimum atomic E-state index is -0.982. The van der Waals surface area contributed by atoms with Crippen LogP contribution in [0.3, 0.4) is 0 Å². The number of anilines is 1. The van der Waals surface area contributed by atoms with E-state index < -0.39 is 5.97 Å². The average Bonchev–Trinajstić information content (AvgIpc) is 2.84. The van der Waals surface area contributed by atoms with Crippen LogP contribution in [0.2, 0.25) is 0 Å². The Kier molecular flexibility index (Phi) is 4.16. The average molecular weight is 262 g/mol. The summed E-state index contributed by atoms with van der Waals surface area (Å²) in [4.78, 5) is 17.6. The van der Waals surface area contributed by atoms with Gasteiger partial charge in [-0.1, -0.05) is 6.08 Å². The fraction of sp³-hybridized carbons (Fsp3) is 0.429. The quantitative estimate of drug-likeness (QED) is 0.755. The maximum absolute atomic E-state index is 11.4. The van der Waals surface area contributed by atoms with Gasteiger partial charge >= 0.3 is 5.97 Å². The molecule has 19 heavy (non-hydrogen) atoms. The Morgan fingerprint density at radius 1 is 1.53 bits per heavy atom. The lowest BCUT2D eigenvalue weighted by atomic mass is 10.1. The van der Waals surface area contributed by atoms with E-state index in [1.54, 1.807) is 17.0 Å². The summed E-state index contributed by atoms with van der Waals surface area (Å²) in [6.07, 6.45) is 4.48. The lowest BCUT2D eigenvalue weighted by Gasteiger charge is -2.23. The van der Waals surface area contributed by atoms with E-state index in [-0.39, 0.29) is 12.2 Å².